The van der Waals surface area contributed by atoms with Gasteiger partial charge in [0.1, 0.15) is 6.54 Å². The van der Waals surface area contributed by atoms with Crippen LogP contribution in [0.1, 0.15) is 26.2 Å². The molecule has 0 aromatic rings. The molecule has 1 saturated carbocycles. The Morgan fingerprint density at radius 3 is 2.56 bits per heavy atom. The number of carboxylic acid groups (broad SMARTS) is 1. The van der Waals surface area contributed by atoms with Crippen LogP contribution in [0.2, 0.25) is 0 Å². The SMILES string of the molecule is CC(CCS(C)=O)NC(=O)N(CC(=O)O)C1CC1. The quantitative estimate of drug-likeness (QED) is 0.705. The molecule has 104 valence electrons. The van der Waals surface area contributed by atoms with Crippen molar-refractivity contribution in [2.45, 2.75) is 38.3 Å². The van der Waals surface area contributed by atoms with Crippen molar-refractivity contribution in [3.05, 3.63) is 0 Å². The fourth-order valence-electron chi connectivity index (χ4n) is 1.61. The van der Waals surface area contributed by atoms with Crippen molar-refractivity contribution < 1.29 is 18.9 Å². The van der Waals surface area contributed by atoms with Gasteiger partial charge in [-0.2, -0.15) is 0 Å². The van der Waals surface area contributed by atoms with Crippen molar-refractivity contribution in [3.8, 4) is 0 Å². The molecule has 0 spiro atoms. The molecule has 0 saturated heterocycles. The van der Waals surface area contributed by atoms with Crippen LogP contribution in [0.3, 0.4) is 0 Å². The van der Waals surface area contributed by atoms with E-state index >= 15 is 0 Å². The lowest BCUT2D eigenvalue weighted by atomic mass is 10.2. The highest BCUT2D eigenvalue weighted by Crippen LogP contribution is 2.26. The summed E-state index contributed by atoms with van der Waals surface area (Å²) in [6.45, 7) is 1.57. The Balaban J connectivity index is 2.40. The van der Waals surface area contributed by atoms with Crippen LogP contribution in [-0.4, -0.2) is 56.9 Å². The van der Waals surface area contributed by atoms with E-state index in [0.717, 1.165) is 12.8 Å². The first-order valence-electron chi connectivity index (χ1n) is 5.99. The zero-order chi connectivity index (χ0) is 13.7. The predicted octanol–water partition coefficient (Wildman–Crippen LogP) is 0.402. The average molecular weight is 276 g/mol. The molecule has 0 aliphatic heterocycles. The van der Waals surface area contributed by atoms with E-state index in [-0.39, 0.29) is 24.7 Å². The Hall–Kier alpha value is -1.11. The van der Waals surface area contributed by atoms with E-state index in [2.05, 4.69) is 5.32 Å². The van der Waals surface area contributed by atoms with Crippen LogP contribution in [0, 0.1) is 0 Å². The lowest BCUT2D eigenvalue weighted by molar-refractivity contribution is -0.137. The second kappa shape index (κ2) is 6.72. The van der Waals surface area contributed by atoms with Crippen LogP contribution in [0.15, 0.2) is 0 Å². The molecule has 1 fully saturated rings. The third-order valence-electron chi connectivity index (χ3n) is 2.76. The smallest absolute Gasteiger partial charge is 0.323 e. The minimum atomic E-state index is -1.00. The number of rotatable bonds is 7. The molecule has 2 N–H and O–H groups in total. The van der Waals surface area contributed by atoms with Gasteiger partial charge in [-0.3, -0.25) is 9.00 Å². The Morgan fingerprint density at radius 1 is 1.50 bits per heavy atom. The largest absolute Gasteiger partial charge is 0.480 e. The lowest BCUT2D eigenvalue weighted by Gasteiger charge is -2.23. The van der Waals surface area contributed by atoms with E-state index in [0.29, 0.717) is 12.2 Å². The highest BCUT2D eigenvalue weighted by molar-refractivity contribution is 7.84. The molecule has 2 atom stereocenters. The number of carboxylic acids is 1. The number of aliphatic carboxylic acids is 1. The third-order valence-corrected chi connectivity index (χ3v) is 3.57. The first-order chi connectivity index (χ1) is 8.40. The fraction of sp³-hybridized carbons (Fsp3) is 0.818. The van der Waals surface area contributed by atoms with Crippen molar-refractivity contribution in [1.29, 1.82) is 0 Å². The summed E-state index contributed by atoms with van der Waals surface area (Å²) >= 11 is 0. The van der Waals surface area contributed by atoms with E-state index in [4.69, 9.17) is 5.11 Å². The summed E-state index contributed by atoms with van der Waals surface area (Å²) in [6.07, 6.45) is 3.98. The highest BCUT2D eigenvalue weighted by atomic mass is 32.2. The Morgan fingerprint density at radius 2 is 2.11 bits per heavy atom. The first-order valence-corrected chi connectivity index (χ1v) is 7.71. The van der Waals surface area contributed by atoms with E-state index in [9.17, 15) is 13.8 Å². The minimum Gasteiger partial charge on any atom is -0.480 e. The molecule has 0 heterocycles. The molecule has 0 aromatic heterocycles. The van der Waals surface area contributed by atoms with Gasteiger partial charge in [-0.25, -0.2) is 4.79 Å². The summed E-state index contributed by atoms with van der Waals surface area (Å²) in [5.74, 6) is -0.469. The molecule has 0 bridgehead atoms. The normalized spacial score (nSPS) is 17.9. The van der Waals surface area contributed by atoms with Gasteiger partial charge in [0.25, 0.3) is 0 Å². The molecular weight excluding hydrogens is 256 g/mol. The van der Waals surface area contributed by atoms with Gasteiger partial charge < -0.3 is 15.3 Å². The van der Waals surface area contributed by atoms with Gasteiger partial charge in [-0.1, -0.05) is 0 Å². The molecule has 18 heavy (non-hydrogen) atoms. The number of hydrogen-bond acceptors (Lipinski definition) is 3. The number of carbonyl (C=O) groups is 2. The Labute approximate surface area is 109 Å². The number of nitrogens with zero attached hydrogens (tertiary/aromatic N) is 1. The molecule has 0 radical (unpaired) electrons. The molecule has 1 aliphatic carbocycles. The summed E-state index contributed by atoms with van der Waals surface area (Å²) < 4.78 is 10.9. The number of hydrogen-bond donors (Lipinski definition) is 2. The Bertz CT molecular complexity index is 344. The fourth-order valence-corrected chi connectivity index (χ4v) is 2.29. The van der Waals surface area contributed by atoms with Crippen LogP contribution in [0.25, 0.3) is 0 Å². The first kappa shape index (κ1) is 14.9. The summed E-state index contributed by atoms with van der Waals surface area (Å²) in [7, 11) is -0.876. The molecule has 7 heteroatoms. The van der Waals surface area contributed by atoms with E-state index in [1.807, 2.05) is 6.92 Å². The zero-order valence-corrected chi connectivity index (χ0v) is 11.5. The van der Waals surface area contributed by atoms with E-state index in [1.165, 1.54) is 4.90 Å². The van der Waals surface area contributed by atoms with Gasteiger partial charge in [0.05, 0.1) is 0 Å². The van der Waals surface area contributed by atoms with Crippen molar-refractivity contribution in [2.24, 2.45) is 0 Å². The van der Waals surface area contributed by atoms with Crippen LogP contribution >= 0.6 is 0 Å². The minimum absolute atomic E-state index is 0.0635. The number of urea groups is 1. The maximum absolute atomic E-state index is 11.9. The average Bonchev–Trinajstić information content (AvgIpc) is 3.06. The predicted molar refractivity (Wildman–Crippen MR) is 68.9 cm³/mol. The lowest BCUT2D eigenvalue weighted by Crippen LogP contribution is -2.47. The molecule has 6 nitrogen and oxygen atoms in total. The van der Waals surface area contributed by atoms with Crippen LogP contribution in [-0.2, 0) is 15.6 Å². The maximum Gasteiger partial charge on any atom is 0.323 e. The van der Waals surface area contributed by atoms with Gasteiger partial charge in [0.15, 0.2) is 0 Å². The molecule has 1 aliphatic rings. The van der Waals surface area contributed by atoms with Gasteiger partial charge in [-0.15, -0.1) is 0 Å². The Kier molecular flexibility index (Phi) is 5.58. The summed E-state index contributed by atoms with van der Waals surface area (Å²) in [5, 5.41) is 11.5. The topological polar surface area (TPSA) is 86.7 Å². The monoisotopic (exact) mass is 276 g/mol. The van der Waals surface area contributed by atoms with Crippen molar-refractivity contribution in [3.63, 3.8) is 0 Å². The van der Waals surface area contributed by atoms with Crippen molar-refractivity contribution in [2.75, 3.05) is 18.6 Å². The van der Waals surface area contributed by atoms with Crippen molar-refractivity contribution >= 4 is 22.8 Å². The van der Waals surface area contributed by atoms with Crippen LogP contribution < -0.4 is 5.32 Å². The summed E-state index contributed by atoms with van der Waals surface area (Å²) in [4.78, 5) is 23.9. The second-order valence-electron chi connectivity index (χ2n) is 4.67. The van der Waals surface area contributed by atoms with Gasteiger partial charge >= 0.3 is 12.0 Å². The zero-order valence-electron chi connectivity index (χ0n) is 10.7. The van der Waals surface area contributed by atoms with Gasteiger partial charge in [0, 0.05) is 34.9 Å². The summed E-state index contributed by atoms with van der Waals surface area (Å²) in [5.41, 5.74) is 0. The second-order valence-corrected chi connectivity index (χ2v) is 6.22. The molecule has 0 aromatic carbocycles. The summed E-state index contributed by atoms with van der Waals surface area (Å²) in [6, 6.07) is -0.376. The van der Waals surface area contributed by atoms with E-state index < -0.39 is 16.8 Å². The molecule has 2 amide bonds. The molecule has 1 rings (SSSR count). The number of carbonyl (C=O) groups excluding carboxylic acids is 1. The van der Waals surface area contributed by atoms with Gasteiger partial charge in [0.2, 0.25) is 0 Å². The standard InChI is InChI=1S/C11H20N2O4S/c1-8(5-6-18(2)17)12-11(16)13(7-10(14)15)9-3-4-9/h8-9H,3-7H2,1-2H3,(H,12,16)(H,14,15). The maximum atomic E-state index is 11.9. The van der Waals surface area contributed by atoms with E-state index in [1.54, 1.807) is 6.26 Å². The van der Waals surface area contributed by atoms with Crippen LogP contribution in [0.4, 0.5) is 4.79 Å². The third kappa shape index (κ3) is 5.48. The van der Waals surface area contributed by atoms with Gasteiger partial charge in [-0.05, 0) is 26.2 Å². The highest BCUT2D eigenvalue weighted by Gasteiger charge is 2.34. The molecular formula is C11H20N2O4S. The number of nitrogens with one attached hydrogen (secondary N) is 1. The van der Waals surface area contributed by atoms with Crippen LogP contribution in [0.5, 0.6) is 0 Å². The van der Waals surface area contributed by atoms with Crippen molar-refractivity contribution in [1.82, 2.24) is 10.2 Å². The molecule has 2 unspecified atom stereocenters. The number of amides is 2.